The minimum atomic E-state index is -0.630. The first-order chi connectivity index (χ1) is 6.06. The molecule has 0 aromatic carbocycles. The molecule has 5 heteroatoms. The van der Waals surface area contributed by atoms with E-state index >= 15 is 0 Å². The Morgan fingerprint density at radius 1 is 1.69 bits per heavy atom. The third kappa shape index (κ3) is 1.74. The van der Waals surface area contributed by atoms with Crippen LogP contribution in [0, 0.1) is 12.7 Å². The van der Waals surface area contributed by atoms with Crippen molar-refractivity contribution in [2.24, 2.45) is 0 Å². The van der Waals surface area contributed by atoms with Crippen LogP contribution in [0.25, 0.3) is 0 Å². The van der Waals surface area contributed by atoms with Crippen molar-refractivity contribution in [2.75, 3.05) is 12.8 Å². The SMILES string of the molecule is COC(=O)c1cc(N)c(F)c(C)n1. The highest BCUT2D eigenvalue weighted by Gasteiger charge is 2.12. The average Bonchev–Trinajstić information content (AvgIpc) is 2.12. The third-order valence-electron chi connectivity index (χ3n) is 1.55. The number of carbonyl (C=O) groups excluding carboxylic acids is 1. The van der Waals surface area contributed by atoms with E-state index in [1.54, 1.807) is 0 Å². The van der Waals surface area contributed by atoms with E-state index in [1.807, 2.05) is 0 Å². The van der Waals surface area contributed by atoms with Crippen molar-refractivity contribution in [3.63, 3.8) is 0 Å². The topological polar surface area (TPSA) is 65.2 Å². The summed E-state index contributed by atoms with van der Waals surface area (Å²) in [5.41, 5.74) is 5.28. The highest BCUT2D eigenvalue weighted by molar-refractivity contribution is 5.88. The quantitative estimate of drug-likeness (QED) is 0.658. The summed E-state index contributed by atoms with van der Waals surface area (Å²) in [5, 5.41) is 0. The van der Waals surface area contributed by atoms with Crippen LogP contribution in [-0.4, -0.2) is 18.1 Å². The van der Waals surface area contributed by atoms with Crippen LogP contribution in [0.2, 0.25) is 0 Å². The Labute approximate surface area is 74.5 Å². The van der Waals surface area contributed by atoms with E-state index < -0.39 is 11.8 Å². The minimum Gasteiger partial charge on any atom is -0.464 e. The molecule has 70 valence electrons. The van der Waals surface area contributed by atoms with E-state index in [0.717, 1.165) is 6.07 Å². The molecule has 0 fully saturated rings. The summed E-state index contributed by atoms with van der Waals surface area (Å²) in [6, 6.07) is 1.15. The van der Waals surface area contributed by atoms with E-state index in [-0.39, 0.29) is 17.1 Å². The lowest BCUT2D eigenvalue weighted by atomic mass is 10.2. The molecule has 0 saturated carbocycles. The Kier molecular flexibility index (Phi) is 2.46. The molecule has 0 amide bonds. The van der Waals surface area contributed by atoms with Crippen molar-refractivity contribution in [3.8, 4) is 0 Å². The van der Waals surface area contributed by atoms with Gasteiger partial charge < -0.3 is 10.5 Å². The second-order valence-electron chi connectivity index (χ2n) is 2.49. The van der Waals surface area contributed by atoms with Crippen molar-refractivity contribution in [2.45, 2.75) is 6.92 Å². The van der Waals surface area contributed by atoms with Crippen LogP contribution in [0.3, 0.4) is 0 Å². The number of hydrogen-bond acceptors (Lipinski definition) is 4. The van der Waals surface area contributed by atoms with Gasteiger partial charge in [-0.15, -0.1) is 0 Å². The Hall–Kier alpha value is -1.65. The molecule has 0 saturated heterocycles. The molecule has 0 bridgehead atoms. The van der Waals surface area contributed by atoms with Crippen LogP contribution in [0.5, 0.6) is 0 Å². The summed E-state index contributed by atoms with van der Waals surface area (Å²) in [6.07, 6.45) is 0. The largest absolute Gasteiger partial charge is 0.464 e. The number of esters is 1. The maximum absolute atomic E-state index is 12.9. The van der Waals surface area contributed by atoms with Crippen LogP contribution in [0.4, 0.5) is 10.1 Å². The van der Waals surface area contributed by atoms with E-state index in [1.165, 1.54) is 14.0 Å². The monoisotopic (exact) mass is 184 g/mol. The van der Waals surface area contributed by atoms with E-state index in [2.05, 4.69) is 9.72 Å². The van der Waals surface area contributed by atoms with Crippen molar-refractivity contribution in [1.82, 2.24) is 4.98 Å². The summed E-state index contributed by atoms with van der Waals surface area (Å²) in [6.45, 7) is 1.43. The predicted octanol–water partition coefficient (Wildman–Crippen LogP) is 0.898. The molecule has 0 spiro atoms. The highest BCUT2D eigenvalue weighted by atomic mass is 19.1. The molecule has 1 heterocycles. The molecule has 0 aliphatic carbocycles. The van der Waals surface area contributed by atoms with Gasteiger partial charge in [0.1, 0.15) is 0 Å². The zero-order chi connectivity index (χ0) is 10.0. The molecule has 13 heavy (non-hydrogen) atoms. The molecule has 1 rings (SSSR count). The first-order valence-corrected chi connectivity index (χ1v) is 3.57. The van der Waals surface area contributed by atoms with E-state index in [4.69, 9.17) is 5.73 Å². The molecule has 1 aromatic heterocycles. The van der Waals surface area contributed by atoms with Crippen LogP contribution in [0.15, 0.2) is 6.07 Å². The van der Waals surface area contributed by atoms with Gasteiger partial charge in [0.05, 0.1) is 18.5 Å². The standard InChI is InChI=1S/C8H9FN2O2/c1-4-7(9)5(10)3-6(11-4)8(12)13-2/h3H,1-2H3,(H2,10,11). The summed E-state index contributed by atoms with van der Waals surface area (Å²) < 4.78 is 17.3. The lowest BCUT2D eigenvalue weighted by Crippen LogP contribution is -2.08. The number of methoxy groups -OCH3 is 1. The summed E-state index contributed by atoms with van der Waals surface area (Å²) in [4.78, 5) is 14.6. The number of halogens is 1. The highest BCUT2D eigenvalue weighted by Crippen LogP contribution is 2.14. The predicted molar refractivity (Wildman–Crippen MR) is 44.7 cm³/mol. The Morgan fingerprint density at radius 3 is 2.77 bits per heavy atom. The first-order valence-electron chi connectivity index (χ1n) is 3.57. The second-order valence-corrected chi connectivity index (χ2v) is 2.49. The van der Waals surface area contributed by atoms with Gasteiger partial charge in [-0.3, -0.25) is 0 Å². The van der Waals surface area contributed by atoms with Gasteiger partial charge in [0.25, 0.3) is 0 Å². The van der Waals surface area contributed by atoms with Crippen LogP contribution in [-0.2, 0) is 4.74 Å². The van der Waals surface area contributed by atoms with Gasteiger partial charge in [-0.05, 0) is 13.0 Å². The zero-order valence-electron chi connectivity index (χ0n) is 7.30. The Balaban J connectivity index is 3.20. The van der Waals surface area contributed by atoms with Gasteiger partial charge in [-0.2, -0.15) is 0 Å². The van der Waals surface area contributed by atoms with E-state index in [0.29, 0.717) is 0 Å². The molecule has 4 nitrogen and oxygen atoms in total. The number of aryl methyl sites for hydroxylation is 1. The molecule has 0 radical (unpaired) electrons. The van der Waals surface area contributed by atoms with Crippen LogP contribution < -0.4 is 5.73 Å². The second kappa shape index (κ2) is 3.38. The lowest BCUT2D eigenvalue weighted by Gasteiger charge is -2.03. The molecule has 0 aliphatic rings. The molecular formula is C8H9FN2O2. The van der Waals surface area contributed by atoms with Gasteiger partial charge >= 0.3 is 5.97 Å². The van der Waals surface area contributed by atoms with Gasteiger partial charge in [0.2, 0.25) is 0 Å². The fraction of sp³-hybridized carbons (Fsp3) is 0.250. The van der Waals surface area contributed by atoms with Gasteiger partial charge in [-0.1, -0.05) is 0 Å². The van der Waals surface area contributed by atoms with Crippen LogP contribution in [0.1, 0.15) is 16.2 Å². The van der Waals surface area contributed by atoms with Crippen LogP contribution >= 0.6 is 0 Å². The smallest absolute Gasteiger partial charge is 0.356 e. The number of pyridine rings is 1. The number of rotatable bonds is 1. The number of nitrogen functional groups attached to an aromatic ring is 1. The number of ether oxygens (including phenoxy) is 1. The molecule has 0 atom stereocenters. The maximum Gasteiger partial charge on any atom is 0.356 e. The lowest BCUT2D eigenvalue weighted by molar-refractivity contribution is 0.0593. The van der Waals surface area contributed by atoms with Gasteiger partial charge in [0, 0.05) is 0 Å². The van der Waals surface area contributed by atoms with Crippen molar-refractivity contribution >= 4 is 11.7 Å². The van der Waals surface area contributed by atoms with Gasteiger partial charge in [0.15, 0.2) is 11.5 Å². The first kappa shape index (κ1) is 9.44. The van der Waals surface area contributed by atoms with Crippen molar-refractivity contribution in [1.29, 1.82) is 0 Å². The van der Waals surface area contributed by atoms with Crippen molar-refractivity contribution < 1.29 is 13.9 Å². The summed E-state index contributed by atoms with van der Waals surface area (Å²) in [5.74, 6) is -1.23. The average molecular weight is 184 g/mol. The Morgan fingerprint density at radius 2 is 2.31 bits per heavy atom. The molecule has 1 aromatic rings. The van der Waals surface area contributed by atoms with E-state index in [9.17, 15) is 9.18 Å². The number of nitrogens with zero attached hydrogens (tertiary/aromatic N) is 1. The van der Waals surface area contributed by atoms with Crippen molar-refractivity contribution in [3.05, 3.63) is 23.3 Å². The maximum atomic E-state index is 12.9. The van der Waals surface area contributed by atoms with Gasteiger partial charge in [-0.25, -0.2) is 14.2 Å². The molecular weight excluding hydrogens is 175 g/mol. The number of hydrogen-bond donors (Lipinski definition) is 1. The number of carbonyl (C=O) groups is 1. The zero-order valence-corrected chi connectivity index (χ0v) is 7.30. The number of anilines is 1. The molecule has 0 unspecified atom stereocenters. The summed E-state index contributed by atoms with van der Waals surface area (Å²) >= 11 is 0. The fourth-order valence-corrected chi connectivity index (χ4v) is 0.891. The normalized spacial score (nSPS) is 9.77. The fourth-order valence-electron chi connectivity index (χ4n) is 0.891. The third-order valence-corrected chi connectivity index (χ3v) is 1.55. The number of nitrogens with two attached hydrogens (primary N) is 1. The minimum absolute atomic E-state index is 0.0129. The Bertz CT molecular complexity index is 329. The number of aromatic nitrogens is 1. The molecule has 0 aliphatic heterocycles. The molecule has 2 N–H and O–H groups in total. The summed E-state index contributed by atoms with van der Waals surface area (Å²) in [7, 11) is 1.22.